The zero-order valence-corrected chi connectivity index (χ0v) is 17.7. The molecule has 2 heterocycles. The third kappa shape index (κ3) is 4.07. The Morgan fingerprint density at radius 2 is 1.55 bits per heavy atom. The molecule has 1 N–H and O–H groups in total. The van der Waals surface area contributed by atoms with Crippen LogP contribution < -0.4 is 10.2 Å². The van der Waals surface area contributed by atoms with Gasteiger partial charge in [0.25, 0.3) is 0 Å². The number of para-hydroxylation sites is 1. The molecule has 1 unspecified atom stereocenters. The van der Waals surface area contributed by atoms with E-state index in [1.54, 1.807) is 0 Å². The van der Waals surface area contributed by atoms with Crippen LogP contribution in [0.25, 0.3) is 11.4 Å². The average Bonchev–Trinajstić information content (AvgIpc) is 3.08. The number of nitrogens with zero attached hydrogens (tertiary/aromatic N) is 4. The number of hydrogen-bond acceptors (Lipinski definition) is 4. The molecule has 1 fully saturated rings. The van der Waals surface area contributed by atoms with Crippen molar-refractivity contribution in [2.75, 3.05) is 44.7 Å². The predicted molar refractivity (Wildman–Crippen MR) is 120 cm³/mol. The number of piperazine rings is 1. The van der Waals surface area contributed by atoms with Gasteiger partial charge < -0.3 is 14.8 Å². The van der Waals surface area contributed by atoms with E-state index < -0.39 is 0 Å². The summed E-state index contributed by atoms with van der Waals surface area (Å²) in [6, 6.07) is 21.5. The van der Waals surface area contributed by atoms with Crippen LogP contribution in [0.3, 0.4) is 0 Å². The summed E-state index contributed by atoms with van der Waals surface area (Å²) in [5.74, 6) is 1.04. The van der Waals surface area contributed by atoms with Crippen LogP contribution in [0.15, 0.2) is 60.7 Å². The largest absolute Gasteiger partial charge is 0.369 e. The standard InChI is InChI=1S/C24H31N5/c1-19-23(26-24(27(19)3)20-10-6-4-7-11-20)22(18-25-2)29-16-14-28(15-17-29)21-12-8-5-9-13-21/h4-13,22,25H,14-18H2,1-3H3. The molecule has 0 aliphatic carbocycles. The second kappa shape index (κ2) is 8.80. The normalized spacial score (nSPS) is 16.2. The molecule has 1 atom stereocenters. The van der Waals surface area contributed by atoms with E-state index in [0.29, 0.717) is 0 Å². The molecule has 0 radical (unpaired) electrons. The van der Waals surface area contributed by atoms with Gasteiger partial charge >= 0.3 is 0 Å². The van der Waals surface area contributed by atoms with Crippen LogP contribution in [0.4, 0.5) is 5.69 Å². The molecule has 1 saturated heterocycles. The fourth-order valence-corrected chi connectivity index (χ4v) is 4.28. The van der Waals surface area contributed by atoms with Crippen LogP contribution in [0, 0.1) is 6.92 Å². The van der Waals surface area contributed by atoms with Gasteiger partial charge in [-0.15, -0.1) is 0 Å². The molecule has 0 spiro atoms. The summed E-state index contributed by atoms with van der Waals surface area (Å²) in [6.07, 6.45) is 0. The summed E-state index contributed by atoms with van der Waals surface area (Å²) in [7, 11) is 4.15. The van der Waals surface area contributed by atoms with E-state index in [-0.39, 0.29) is 6.04 Å². The van der Waals surface area contributed by atoms with Crippen LogP contribution >= 0.6 is 0 Å². The van der Waals surface area contributed by atoms with Gasteiger partial charge in [0.1, 0.15) is 5.82 Å². The van der Waals surface area contributed by atoms with Crippen molar-refractivity contribution in [2.45, 2.75) is 13.0 Å². The van der Waals surface area contributed by atoms with Crippen molar-refractivity contribution in [3.63, 3.8) is 0 Å². The number of benzene rings is 2. The van der Waals surface area contributed by atoms with Crippen LogP contribution in [0.1, 0.15) is 17.4 Å². The molecule has 0 saturated carbocycles. The topological polar surface area (TPSA) is 36.3 Å². The van der Waals surface area contributed by atoms with Gasteiger partial charge in [0, 0.05) is 56.7 Å². The Morgan fingerprint density at radius 3 is 2.17 bits per heavy atom. The van der Waals surface area contributed by atoms with E-state index in [2.05, 4.69) is 94.3 Å². The van der Waals surface area contributed by atoms with Gasteiger partial charge in [-0.3, -0.25) is 4.90 Å². The minimum Gasteiger partial charge on any atom is -0.369 e. The monoisotopic (exact) mass is 389 g/mol. The number of nitrogens with one attached hydrogen (secondary N) is 1. The van der Waals surface area contributed by atoms with E-state index in [4.69, 9.17) is 4.98 Å². The lowest BCUT2D eigenvalue weighted by molar-refractivity contribution is 0.180. The molecule has 1 aromatic heterocycles. The number of aromatic nitrogens is 2. The highest BCUT2D eigenvalue weighted by atomic mass is 15.3. The molecular formula is C24H31N5. The molecule has 5 heteroatoms. The SMILES string of the molecule is CNCC(c1nc(-c2ccccc2)n(C)c1C)N1CCN(c2ccccc2)CC1. The number of imidazole rings is 1. The highest BCUT2D eigenvalue weighted by molar-refractivity contribution is 5.57. The smallest absolute Gasteiger partial charge is 0.140 e. The Hall–Kier alpha value is -2.63. The molecular weight excluding hydrogens is 358 g/mol. The second-order valence-electron chi connectivity index (χ2n) is 7.76. The molecule has 3 aromatic rings. The summed E-state index contributed by atoms with van der Waals surface area (Å²) in [5, 5.41) is 3.40. The van der Waals surface area contributed by atoms with Crippen molar-refractivity contribution < 1.29 is 0 Å². The quantitative estimate of drug-likeness (QED) is 0.700. The van der Waals surface area contributed by atoms with Gasteiger partial charge in [-0.25, -0.2) is 4.98 Å². The fourth-order valence-electron chi connectivity index (χ4n) is 4.28. The first-order chi connectivity index (χ1) is 14.2. The lowest BCUT2D eigenvalue weighted by Crippen LogP contribution is -2.49. The van der Waals surface area contributed by atoms with Crippen LogP contribution in [0.5, 0.6) is 0 Å². The summed E-state index contributed by atoms with van der Waals surface area (Å²) in [4.78, 5) is 10.2. The maximum Gasteiger partial charge on any atom is 0.140 e. The zero-order valence-electron chi connectivity index (χ0n) is 17.7. The Kier molecular flexibility index (Phi) is 5.97. The number of rotatable bonds is 6. The minimum atomic E-state index is 0.279. The lowest BCUT2D eigenvalue weighted by atomic mass is 10.1. The molecule has 5 nitrogen and oxygen atoms in total. The van der Waals surface area contributed by atoms with Crippen molar-refractivity contribution >= 4 is 5.69 Å². The first-order valence-electron chi connectivity index (χ1n) is 10.5. The van der Waals surface area contributed by atoms with Gasteiger partial charge in [-0.1, -0.05) is 48.5 Å². The van der Waals surface area contributed by atoms with Crippen LogP contribution in [-0.4, -0.2) is 54.2 Å². The maximum atomic E-state index is 5.12. The number of likely N-dealkylation sites (N-methyl/N-ethyl adjacent to an activating group) is 1. The third-order valence-electron chi connectivity index (χ3n) is 6.04. The van der Waals surface area contributed by atoms with Crippen LogP contribution in [0.2, 0.25) is 0 Å². The van der Waals surface area contributed by atoms with Gasteiger partial charge in [-0.2, -0.15) is 0 Å². The van der Waals surface area contributed by atoms with Gasteiger partial charge in [-0.05, 0) is 26.1 Å². The van der Waals surface area contributed by atoms with E-state index in [1.807, 2.05) is 7.05 Å². The number of hydrogen-bond donors (Lipinski definition) is 1. The van der Waals surface area contributed by atoms with Crippen LogP contribution in [-0.2, 0) is 7.05 Å². The van der Waals surface area contributed by atoms with Crippen molar-refractivity contribution in [1.82, 2.24) is 19.8 Å². The summed E-state index contributed by atoms with van der Waals surface area (Å²) < 4.78 is 2.23. The van der Waals surface area contributed by atoms with Gasteiger partial charge in [0.05, 0.1) is 11.7 Å². The second-order valence-corrected chi connectivity index (χ2v) is 7.76. The lowest BCUT2D eigenvalue weighted by Gasteiger charge is -2.40. The Morgan fingerprint density at radius 1 is 0.931 bits per heavy atom. The third-order valence-corrected chi connectivity index (χ3v) is 6.04. The Balaban J connectivity index is 1.56. The van der Waals surface area contributed by atoms with Crippen molar-refractivity contribution in [3.8, 4) is 11.4 Å². The fraction of sp³-hybridized carbons (Fsp3) is 0.375. The van der Waals surface area contributed by atoms with E-state index in [9.17, 15) is 0 Å². The van der Waals surface area contributed by atoms with E-state index in [1.165, 1.54) is 22.6 Å². The highest BCUT2D eigenvalue weighted by Crippen LogP contribution is 2.29. The molecule has 0 bridgehead atoms. The minimum absolute atomic E-state index is 0.279. The van der Waals surface area contributed by atoms with Crippen molar-refractivity contribution in [3.05, 3.63) is 72.1 Å². The molecule has 0 amide bonds. The molecule has 2 aromatic carbocycles. The highest BCUT2D eigenvalue weighted by Gasteiger charge is 2.29. The molecule has 1 aliphatic rings. The van der Waals surface area contributed by atoms with Crippen molar-refractivity contribution in [1.29, 1.82) is 0 Å². The van der Waals surface area contributed by atoms with Gasteiger partial charge in [0.15, 0.2) is 0 Å². The Labute approximate surface area is 174 Å². The molecule has 1 aliphatic heterocycles. The van der Waals surface area contributed by atoms with E-state index in [0.717, 1.165) is 38.5 Å². The summed E-state index contributed by atoms with van der Waals surface area (Å²) in [6.45, 7) is 7.26. The van der Waals surface area contributed by atoms with Gasteiger partial charge in [0.2, 0.25) is 0 Å². The molecule has 152 valence electrons. The first kappa shape index (κ1) is 19.7. The average molecular weight is 390 g/mol. The maximum absolute atomic E-state index is 5.12. The predicted octanol–water partition coefficient (Wildman–Crippen LogP) is 3.48. The summed E-state index contributed by atoms with van der Waals surface area (Å²) in [5.41, 5.74) is 4.92. The number of anilines is 1. The van der Waals surface area contributed by atoms with Crippen molar-refractivity contribution in [2.24, 2.45) is 7.05 Å². The van der Waals surface area contributed by atoms with E-state index >= 15 is 0 Å². The molecule has 4 rings (SSSR count). The first-order valence-corrected chi connectivity index (χ1v) is 10.5. The zero-order chi connectivity index (χ0) is 20.2. The summed E-state index contributed by atoms with van der Waals surface area (Å²) >= 11 is 0. The Bertz CT molecular complexity index is 911. The molecule has 29 heavy (non-hydrogen) atoms.